The van der Waals surface area contributed by atoms with Gasteiger partial charge in [-0.05, 0) is 55.7 Å². The zero-order chi connectivity index (χ0) is 23.2. The lowest BCUT2D eigenvalue weighted by Gasteiger charge is -2.40. The lowest BCUT2D eigenvalue weighted by molar-refractivity contribution is -0.123. The number of anilines is 2. The smallest absolute Gasteiger partial charge is 0.337 e. The van der Waals surface area contributed by atoms with Gasteiger partial charge in [-0.15, -0.1) is 0 Å². The Bertz CT molecular complexity index is 934. The van der Waals surface area contributed by atoms with E-state index >= 15 is 0 Å². The van der Waals surface area contributed by atoms with Crippen molar-refractivity contribution in [2.75, 3.05) is 62.7 Å². The molecular weight excluding hydrogens is 416 g/mol. The van der Waals surface area contributed by atoms with Gasteiger partial charge in [-0.2, -0.15) is 0 Å². The van der Waals surface area contributed by atoms with Crippen LogP contribution in [0.25, 0.3) is 0 Å². The van der Waals surface area contributed by atoms with E-state index in [1.807, 2.05) is 18.2 Å². The Morgan fingerprint density at radius 2 is 1.64 bits per heavy atom. The van der Waals surface area contributed by atoms with Gasteiger partial charge in [-0.1, -0.05) is 18.2 Å². The Morgan fingerprint density at radius 1 is 0.939 bits per heavy atom. The van der Waals surface area contributed by atoms with Crippen LogP contribution in [-0.2, 0) is 9.53 Å². The Hall–Kier alpha value is -3.06. The fourth-order valence-electron chi connectivity index (χ4n) is 4.76. The maximum atomic E-state index is 12.6. The minimum Gasteiger partial charge on any atom is -0.465 e. The van der Waals surface area contributed by atoms with E-state index in [2.05, 4.69) is 51.2 Å². The summed E-state index contributed by atoms with van der Waals surface area (Å²) in [5.74, 6) is 0.281. The van der Waals surface area contributed by atoms with Gasteiger partial charge < -0.3 is 19.9 Å². The Labute approximate surface area is 196 Å². The number of esters is 1. The van der Waals surface area contributed by atoms with Crippen LogP contribution >= 0.6 is 0 Å². The average molecular weight is 451 g/mol. The first-order valence-corrected chi connectivity index (χ1v) is 11.8. The molecule has 2 atom stereocenters. The molecule has 0 aromatic heterocycles. The molecule has 4 rings (SSSR count). The number of hydrogen-bond donors (Lipinski definition) is 1. The number of carbonyl (C=O) groups is 2. The highest BCUT2D eigenvalue weighted by atomic mass is 16.5. The Balaban J connectivity index is 1.20. The molecule has 0 saturated carbocycles. The van der Waals surface area contributed by atoms with Crippen molar-refractivity contribution in [3.8, 4) is 0 Å². The molecule has 1 N–H and O–H groups in total. The number of para-hydroxylation sites is 1. The molecule has 2 heterocycles. The average Bonchev–Trinajstić information content (AvgIpc) is 3.33. The molecule has 7 heteroatoms. The summed E-state index contributed by atoms with van der Waals surface area (Å²) in [5.41, 5.74) is 2.90. The van der Waals surface area contributed by atoms with E-state index in [4.69, 9.17) is 4.74 Å². The molecule has 0 aliphatic carbocycles. The predicted molar refractivity (Wildman–Crippen MR) is 131 cm³/mol. The Morgan fingerprint density at radius 3 is 2.33 bits per heavy atom. The van der Waals surface area contributed by atoms with Crippen LogP contribution < -0.4 is 15.1 Å². The number of nitrogens with zero attached hydrogens (tertiary/aromatic N) is 3. The highest BCUT2D eigenvalue weighted by Gasteiger charge is 2.27. The number of hydrogen-bond acceptors (Lipinski definition) is 6. The maximum Gasteiger partial charge on any atom is 0.337 e. The van der Waals surface area contributed by atoms with Gasteiger partial charge >= 0.3 is 5.97 Å². The van der Waals surface area contributed by atoms with Crippen LogP contribution in [0.15, 0.2) is 54.6 Å². The quantitative estimate of drug-likeness (QED) is 0.655. The summed E-state index contributed by atoms with van der Waals surface area (Å²) in [7, 11) is 1.39. The highest BCUT2D eigenvalue weighted by Crippen LogP contribution is 2.23. The van der Waals surface area contributed by atoms with Crippen LogP contribution in [0, 0.1) is 5.92 Å². The topological polar surface area (TPSA) is 65.1 Å². The Kier molecular flexibility index (Phi) is 7.50. The molecule has 2 fully saturated rings. The standard InChI is InChI=1S/C26H34N4O3/c1-20-17-30(24-10-8-22(9-11-24)26(32)33-2)15-14-28(20)19-25(31)27-16-21-12-13-29(18-21)23-6-4-3-5-7-23/h3-11,20-21H,12-19H2,1-2H3,(H,27,31). The van der Waals surface area contributed by atoms with Gasteiger partial charge in [-0.25, -0.2) is 4.79 Å². The number of rotatable bonds is 7. The first-order valence-electron chi connectivity index (χ1n) is 11.8. The lowest BCUT2D eigenvalue weighted by Crippen LogP contribution is -2.54. The van der Waals surface area contributed by atoms with Gasteiger partial charge in [0.1, 0.15) is 0 Å². The molecule has 2 unspecified atom stereocenters. The molecule has 2 aromatic rings. The summed E-state index contributed by atoms with van der Waals surface area (Å²) >= 11 is 0. The zero-order valence-electron chi connectivity index (χ0n) is 19.6. The zero-order valence-corrected chi connectivity index (χ0v) is 19.6. The summed E-state index contributed by atoms with van der Waals surface area (Å²) in [6, 6.07) is 18.3. The summed E-state index contributed by atoms with van der Waals surface area (Å²) in [6.07, 6.45) is 1.11. The molecule has 2 aliphatic rings. The van der Waals surface area contributed by atoms with Gasteiger partial charge in [0.2, 0.25) is 5.91 Å². The van der Waals surface area contributed by atoms with Crippen molar-refractivity contribution in [2.45, 2.75) is 19.4 Å². The van der Waals surface area contributed by atoms with E-state index in [1.165, 1.54) is 12.8 Å². The van der Waals surface area contributed by atoms with E-state index in [1.54, 1.807) is 12.1 Å². The van der Waals surface area contributed by atoms with E-state index < -0.39 is 0 Å². The van der Waals surface area contributed by atoms with Crippen molar-refractivity contribution in [1.29, 1.82) is 0 Å². The van der Waals surface area contributed by atoms with Crippen LogP contribution in [0.2, 0.25) is 0 Å². The van der Waals surface area contributed by atoms with Crippen LogP contribution in [0.5, 0.6) is 0 Å². The number of nitrogens with one attached hydrogen (secondary N) is 1. The molecule has 7 nitrogen and oxygen atoms in total. The molecular formula is C26H34N4O3. The largest absolute Gasteiger partial charge is 0.465 e. The number of methoxy groups -OCH3 is 1. The summed E-state index contributed by atoms with van der Waals surface area (Å²) < 4.78 is 4.77. The minimum absolute atomic E-state index is 0.107. The van der Waals surface area contributed by atoms with Crippen LogP contribution in [0.3, 0.4) is 0 Å². The summed E-state index contributed by atoms with van der Waals surface area (Å²) in [6.45, 7) is 7.91. The predicted octanol–water partition coefficient (Wildman–Crippen LogP) is 2.63. The lowest BCUT2D eigenvalue weighted by atomic mass is 10.1. The molecule has 1 amide bonds. The van der Waals surface area contributed by atoms with Gasteiger partial charge in [0, 0.05) is 56.7 Å². The maximum absolute atomic E-state index is 12.6. The van der Waals surface area contributed by atoms with Gasteiger partial charge in [0.15, 0.2) is 0 Å². The molecule has 2 aliphatic heterocycles. The third-order valence-corrected chi connectivity index (χ3v) is 6.76. The first-order chi connectivity index (χ1) is 16.0. The van der Waals surface area contributed by atoms with Gasteiger partial charge in [0.05, 0.1) is 19.2 Å². The number of benzene rings is 2. The van der Waals surface area contributed by atoms with Crippen molar-refractivity contribution >= 4 is 23.3 Å². The number of amides is 1. The first kappa shape index (κ1) is 23.1. The molecule has 0 spiro atoms. The number of piperazine rings is 1. The van der Waals surface area contributed by atoms with Crippen LogP contribution in [-0.4, -0.2) is 75.7 Å². The molecule has 33 heavy (non-hydrogen) atoms. The van der Waals surface area contributed by atoms with E-state index in [9.17, 15) is 9.59 Å². The third kappa shape index (κ3) is 5.85. The van der Waals surface area contributed by atoms with Crippen molar-refractivity contribution in [1.82, 2.24) is 10.2 Å². The number of carbonyl (C=O) groups excluding carboxylic acids is 2. The fraction of sp³-hybridized carbons (Fsp3) is 0.462. The second-order valence-corrected chi connectivity index (χ2v) is 9.04. The molecule has 2 saturated heterocycles. The second-order valence-electron chi connectivity index (χ2n) is 9.04. The van der Waals surface area contributed by atoms with Crippen molar-refractivity contribution in [3.05, 3.63) is 60.2 Å². The van der Waals surface area contributed by atoms with Crippen LogP contribution in [0.1, 0.15) is 23.7 Å². The highest BCUT2D eigenvalue weighted by molar-refractivity contribution is 5.89. The summed E-state index contributed by atoms with van der Waals surface area (Å²) in [5, 5.41) is 3.17. The van der Waals surface area contributed by atoms with E-state index in [0.29, 0.717) is 18.0 Å². The summed E-state index contributed by atoms with van der Waals surface area (Å²) in [4.78, 5) is 31.2. The monoisotopic (exact) mass is 450 g/mol. The van der Waals surface area contributed by atoms with E-state index in [-0.39, 0.29) is 17.9 Å². The second kappa shape index (κ2) is 10.7. The molecule has 0 bridgehead atoms. The fourth-order valence-corrected chi connectivity index (χ4v) is 4.76. The van der Waals surface area contributed by atoms with Crippen molar-refractivity contribution in [3.63, 3.8) is 0 Å². The van der Waals surface area contributed by atoms with Crippen LogP contribution in [0.4, 0.5) is 11.4 Å². The third-order valence-electron chi connectivity index (χ3n) is 6.76. The molecule has 176 valence electrons. The van der Waals surface area contributed by atoms with Gasteiger partial charge in [0.25, 0.3) is 0 Å². The van der Waals surface area contributed by atoms with Crippen molar-refractivity contribution < 1.29 is 14.3 Å². The normalized spacial score (nSPS) is 21.2. The molecule has 0 radical (unpaired) electrons. The number of ether oxygens (including phenoxy) is 1. The van der Waals surface area contributed by atoms with Crippen molar-refractivity contribution in [2.24, 2.45) is 5.92 Å². The SMILES string of the molecule is COC(=O)c1ccc(N2CCN(CC(=O)NCC3CCN(c4ccccc4)C3)C(C)C2)cc1. The molecule has 2 aromatic carbocycles. The van der Waals surface area contributed by atoms with Gasteiger partial charge in [-0.3, -0.25) is 9.69 Å². The van der Waals surface area contributed by atoms with E-state index in [0.717, 1.165) is 51.4 Å². The minimum atomic E-state index is -0.323.